The van der Waals surface area contributed by atoms with E-state index in [-0.39, 0.29) is 38.1 Å². The predicted molar refractivity (Wildman–Crippen MR) is 137 cm³/mol. The van der Waals surface area contributed by atoms with Crippen molar-refractivity contribution in [3.63, 3.8) is 0 Å². The third-order valence-corrected chi connectivity index (χ3v) is 8.03. The molecule has 3 aliphatic rings. The standard InChI is InChI=1S/C28H36N2O7/c1-5-15-29(19-9-11-20(35-4)12-10-19)25(33)23-28-14-13-27(7-3,37-28)22(26(34)36-18-6-2)21(28)24(32)30(23)16-8-17-31/h5-6,9-12,21-23,31H,1-2,7-8,13-18H2,3-4H3/t21-,22+,23?,27-,28?/m0/s1. The summed E-state index contributed by atoms with van der Waals surface area (Å²) < 4.78 is 17.4. The van der Waals surface area contributed by atoms with E-state index in [9.17, 15) is 19.5 Å². The van der Waals surface area contributed by atoms with Gasteiger partial charge in [0, 0.05) is 25.4 Å². The third-order valence-electron chi connectivity index (χ3n) is 8.03. The minimum atomic E-state index is -1.16. The molecule has 0 aliphatic carbocycles. The van der Waals surface area contributed by atoms with Gasteiger partial charge in [-0.1, -0.05) is 25.7 Å². The third kappa shape index (κ3) is 4.24. The van der Waals surface area contributed by atoms with Crippen molar-refractivity contribution in [1.29, 1.82) is 0 Å². The summed E-state index contributed by atoms with van der Waals surface area (Å²) in [6.07, 6.45) is 4.94. The van der Waals surface area contributed by atoms with Crippen LogP contribution in [0.3, 0.4) is 0 Å². The Morgan fingerprint density at radius 2 is 1.97 bits per heavy atom. The van der Waals surface area contributed by atoms with Gasteiger partial charge in [0.2, 0.25) is 5.91 Å². The summed E-state index contributed by atoms with van der Waals surface area (Å²) in [7, 11) is 1.57. The van der Waals surface area contributed by atoms with Crippen LogP contribution in [0.15, 0.2) is 49.6 Å². The molecule has 200 valence electrons. The van der Waals surface area contributed by atoms with Crippen molar-refractivity contribution in [2.24, 2.45) is 11.8 Å². The van der Waals surface area contributed by atoms with Gasteiger partial charge in [-0.2, -0.15) is 0 Å². The number of nitrogens with zero attached hydrogens (tertiary/aromatic N) is 2. The molecule has 9 nitrogen and oxygen atoms in total. The number of fused-ring (bicyclic) bond motifs is 1. The van der Waals surface area contributed by atoms with Crippen molar-refractivity contribution in [3.8, 4) is 5.75 Å². The Morgan fingerprint density at radius 1 is 1.24 bits per heavy atom. The Labute approximate surface area is 217 Å². The van der Waals surface area contributed by atoms with Crippen LogP contribution < -0.4 is 9.64 Å². The van der Waals surface area contributed by atoms with Gasteiger partial charge in [-0.15, -0.1) is 6.58 Å². The molecule has 37 heavy (non-hydrogen) atoms. The zero-order chi connectivity index (χ0) is 26.8. The van der Waals surface area contributed by atoms with Gasteiger partial charge in [0.15, 0.2) is 0 Å². The van der Waals surface area contributed by atoms with Crippen molar-refractivity contribution in [3.05, 3.63) is 49.6 Å². The van der Waals surface area contributed by atoms with Gasteiger partial charge in [-0.05, 0) is 49.9 Å². The number of ether oxygens (including phenoxy) is 3. The highest BCUT2D eigenvalue weighted by Crippen LogP contribution is 2.64. The Bertz CT molecular complexity index is 1060. The molecule has 1 aromatic rings. The highest BCUT2D eigenvalue weighted by atomic mass is 16.6. The van der Waals surface area contributed by atoms with Gasteiger partial charge in [0.1, 0.15) is 29.9 Å². The number of amides is 2. The molecular weight excluding hydrogens is 476 g/mol. The lowest BCUT2D eigenvalue weighted by atomic mass is 9.65. The number of methoxy groups -OCH3 is 1. The van der Waals surface area contributed by atoms with E-state index in [2.05, 4.69) is 13.2 Å². The molecule has 3 heterocycles. The highest BCUT2D eigenvalue weighted by Gasteiger charge is 2.79. The number of anilines is 1. The maximum absolute atomic E-state index is 14.4. The van der Waals surface area contributed by atoms with E-state index in [4.69, 9.17) is 14.2 Å². The minimum Gasteiger partial charge on any atom is -0.497 e. The van der Waals surface area contributed by atoms with Gasteiger partial charge in [0.25, 0.3) is 5.91 Å². The van der Waals surface area contributed by atoms with Gasteiger partial charge in [-0.3, -0.25) is 14.4 Å². The molecule has 3 saturated heterocycles. The van der Waals surface area contributed by atoms with Crippen molar-refractivity contribution in [2.75, 3.05) is 38.3 Å². The first-order chi connectivity index (χ1) is 17.8. The molecule has 2 bridgehead atoms. The lowest BCUT2D eigenvalue weighted by Crippen LogP contribution is -2.56. The quantitative estimate of drug-likeness (QED) is 0.339. The lowest BCUT2D eigenvalue weighted by molar-refractivity contribution is -0.159. The van der Waals surface area contributed by atoms with E-state index in [1.807, 2.05) is 6.92 Å². The van der Waals surface area contributed by atoms with E-state index >= 15 is 0 Å². The van der Waals surface area contributed by atoms with Crippen LogP contribution in [-0.4, -0.2) is 78.4 Å². The van der Waals surface area contributed by atoms with Crippen molar-refractivity contribution < 1.29 is 33.7 Å². The monoisotopic (exact) mass is 512 g/mol. The number of hydrogen-bond acceptors (Lipinski definition) is 7. The topological polar surface area (TPSA) is 106 Å². The molecule has 2 unspecified atom stereocenters. The van der Waals surface area contributed by atoms with Crippen LogP contribution in [0.25, 0.3) is 0 Å². The molecule has 0 saturated carbocycles. The Hall–Kier alpha value is -3.17. The second-order valence-electron chi connectivity index (χ2n) is 9.80. The molecular formula is C28H36N2O7. The number of aliphatic hydroxyl groups is 1. The second-order valence-corrected chi connectivity index (χ2v) is 9.80. The molecule has 3 aliphatic heterocycles. The molecule has 0 radical (unpaired) electrons. The van der Waals surface area contributed by atoms with E-state index in [1.54, 1.807) is 42.4 Å². The van der Waals surface area contributed by atoms with Crippen LogP contribution in [0.4, 0.5) is 5.69 Å². The van der Waals surface area contributed by atoms with E-state index < -0.39 is 35.0 Å². The fourth-order valence-electron chi connectivity index (χ4n) is 6.43. The number of hydrogen-bond donors (Lipinski definition) is 1. The van der Waals surface area contributed by atoms with Gasteiger partial charge in [0.05, 0.1) is 18.6 Å². The minimum absolute atomic E-state index is 0.0320. The maximum atomic E-state index is 14.4. The summed E-state index contributed by atoms with van der Waals surface area (Å²) in [6.45, 7) is 9.64. The number of carbonyl (C=O) groups excluding carboxylic acids is 3. The highest BCUT2D eigenvalue weighted by molar-refractivity contribution is 6.04. The fourth-order valence-corrected chi connectivity index (χ4v) is 6.43. The zero-order valence-corrected chi connectivity index (χ0v) is 21.6. The number of carbonyl (C=O) groups is 3. The largest absolute Gasteiger partial charge is 0.497 e. The molecule has 9 heteroatoms. The van der Waals surface area contributed by atoms with Crippen LogP contribution in [-0.2, 0) is 23.9 Å². The SMILES string of the molecule is C=CCOC(=O)[C@H]1[C@H]2C(=O)N(CCCO)C(C(=O)N(CC=C)c3ccc(OC)cc3)C23CC[C@]1(CC)O3. The molecule has 1 N–H and O–H groups in total. The number of rotatable bonds is 12. The van der Waals surface area contributed by atoms with Crippen molar-refractivity contribution in [1.82, 2.24) is 4.90 Å². The summed E-state index contributed by atoms with van der Waals surface area (Å²) >= 11 is 0. The second kappa shape index (κ2) is 10.7. The molecule has 0 aromatic heterocycles. The summed E-state index contributed by atoms with van der Waals surface area (Å²) in [5.74, 6) is -2.14. The lowest BCUT2D eigenvalue weighted by Gasteiger charge is -2.37. The average molecular weight is 513 g/mol. The number of esters is 1. The summed E-state index contributed by atoms with van der Waals surface area (Å²) in [5, 5.41) is 9.53. The van der Waals surface area contributed by atoms with Gasteiger partial charge >= 0.3 is 5.97 Å². The summed E-state index contributed by atoms with van der Waals surface area (Å²) in [5.41, 5.74) is -1.41. The van der Waals surface area contributed by atoms with Crippen LogP contribution in [0.2, 0.25) is 0 Å². The molecule has 2 amide bonds. The average Bonchev–Trinajstić information content (AvgIpc) is 3.52. The normalized spacial score (nSPS) is 29.6. The first kappa shape index (κ1) is 26.9. The molecule has 1 aromatic carbocycles. The zero-order valence-electron chi connectivity index (χ0n) is 21.6. The van der Waals surface area contributed by atoms with Crippen LogP contribution >= 0.6 is 0 Å². The van der Waals surface area contributed by atoms with Crippen LogP contribution in [0.5, 0.6) is 5.75 Å². The molecule has 5 atom stereocenters. The Kier molecular flexibility index (Phi) is 7.75. The maximum Gasteiger partial charge on any atom is 0.313 e. The first-order valence-electron chi connectivity index (χ1n) is 12.8. The van der Waals surface area contributed by atoms with Crippen LogP contribution in [0, 0.1) is 11.8 Å². The van der Waals surface area contributed by atoms with E-state index in [0.29, 0.717) is 37.1 Å². The van der Waals surface area contributed by atoms with E-state index in [0.717, 1.165) is 0 Å². The molecule has 3 fully saturated rings. The fraction of sp³-hybridized carbons (Fsp3) is 0.536. The number of likely N-dealkylation sites (tertiary alicyclic amines) is 1. The number of benzene rings is 1. The Morgan fingerprint density at radius 3 is 2.57 bits per heavy atom. The molecule has 4 rings (SSSR count). The summed E-state index contributed by atoms with van der Waals surface area (Å²) in [4.78, 5) is 44.7. The number of aliphatic hydroxyl groups excluding tert-OH is 1. The smallest absolute Gasteiger partial charge is 0.313 e. The van der Waals surface area contributed by atoms with Gasteiger partial charge in [-0.25, -0.2) is 0 Å². The first-order valence-corrected chi connectivity index (χ1v) is 12.8. The Balaban J connectivity index is 1.78. The van der Waals surface area contributed by atoms with E-state index in [1.165, 1.54) is 11.0 Å². The van der Waals surface area contributed by atoms with Crippen LogP contribution in [0.1, 0.15) is 32.6 Å². The molecule has 1 spiro atoms. The van der Waals surface area contributed by atoms with Crippen molar-refractivity contribution in [2.45, 2.75) is 49.9 Å². The van der Waals surface area contributed by atoms with Crippen molar-refractivity contribution >= 4 is 23.5 Å². The predicted octanol–water partition coefficient (Wildman–Crippen LogP) is 2.48. The summed E-state index contributed by atoms with van der Waals surface area (Å²) in [6, 6.07) is 6.13. The van der Waals surface area contributed by atoms with Gasteiger partial charge < -0.3 is 29.1 Å².